The van der Waals surface area contributed by atoms with Crippen molar-refractivity contribution in [2.75, 3.05) is 20.1 Å². The molecule has 0 saturated carbocycles. The average molecular weight is 503 g/mol. The highest BCUT2D eigenvalue weighted by molar-refractivity contribution is 14.0. The van der Waals surface area contributed by atoms with Gasteiger partial charge in [-0.15, -0.1) is 24.0 Å². The third-order valence-electron chi connectivity index (χ3n) is 4.03. The number of aliphatic imine (C=N–C) groups is 1. The molecule has 1 heterocycles. The molecular weight excluding hydrogens is 476 g/mol. The van der Waals surface area contributed by atoms with E-state index >= 15 is 0 Å². The monoisotopic (exact) mass is 503 g/mol. The summed E-state index contributed by atoms with van der Waals surface area (Å²) in [6.07, 6.45) is 0.325. The highest BCUT2D eigenvalue weighted by Crippen LogP contribution is 2.13. The molecule has 28 heavy (non-hydrogen) atoms. The molecule has 1 aromatic rings. The second-order valence-corrected chi connectivity index (χ2v) is 7.40. The van der Waals surface area contributed by atoms with Gasteiger partial charge in [0.2, 0.25) is 0 Å². The van der Waals surface area contributed by atoms with E-state index in [0.717, 1.165) is 6.42 Å². The van der Waals surface area contributed by atoms with Crippen molar-refractivity contribution in [1.82, 2.24) is 15.5 Å². The Balaban J connectivity index is 0.00000392. The van der Waals surface area contributed by atoms with Crippen LogP contribution in [0.1, 0.15) is 38.3 Å². The van der Waals surface area contributed by atoms with Crippen LogP contribution in [0.5, 0.6) is 0 Å². The van der Waals surface area contributed by atoms with Crippen molar-refractivity contribution in [2.45, 2.75) is 45.4 Å². The van der Waals surface area contributed by atoms with E-state index in [-0.39, 0.29) is 42.4 Å². The lowest BCUT2D eigenvalue weighted by atomic mass is 10.1. The molecule has 7 nitrogen and oxygen atoms in total. The normalized spacial score (nSPS) is 16.8. The van der Waals surface area contributed by atoms with E-state index in [4.69, 9.17) is 10.00 Å². The first kappa shape index (κ1) is 23.9. The van der Waals surface area contributed by atoms with Gasteiger partial charge in [-0.2, -0.15) is 5.26 Å². The minimum absolute atomic E-state index is 0. The number of benzene rings is 1. The minimum Gasteiger partial charge on any atom is -0.444 e. The number of likely N-dealkylation sites (tertiary alicyclic amines) is 1. The summed E-state index contributed by atoms with van der Waals surface area (Å²) in [5, 5.41) is 14.9. The Morgan fingerprint density at radius 1 is 1.46 bits per heavy atom. The first-order valence-electron chi connectivity index (χ1n) is 8.85. The van der Waals surface area contributed by atoms with Crippen LogP contribution >= 0.6 is 24.0 Å². The smallest absolute Gasteiger partial charge is 0.407 e. The number of halogens is 2. The van der Waals surface area contributed by atoms with Gasteiger partial charge in [0.25, 0.3) is 0 Å². The predicted molar refractivity (Wildman–Crippen MR) is 116 cm³/mol. The van der Waals surface area contributed by atoms with Crippen molar-refractivity contribution in [3.05, 3.63) is 35.1 Å². The van der Waals surface area contributed by atoms with Crippen LogP contribution in [-0.4, -0.2) is 48.7 Å². The third-order valence-corrected chi connectivity index (χ3v) is 4.03. The fourth-order valence-corrected chi connectivity index (χ4v) is 2.83. The molecule has 1 aliphatic rings. The van der Waals surface area contributed by atoms with Gasteiger partial charge in [0, 0.05) is 32.2 Å². The van der Waals surface area contributed by atoms with E-state index in [0.29, 0.717) is 30.2 Å². The maximum Gasteiger partial charge on any atom is 0.407 e. The molecule has 154 valence electrons. The zero-order valence-corrected chi connectivity index (χ0v) is 18.9. The standard InChI is InChI=1S/C19H26FN5O2.HI/c1-19(2,3)27-18(26)24-15-7-8-25(12-15)17(22-4)23-11-14-9-13(10-21)5-6-16(14)20;/h5-6,9,15H,7-8,11-12H2,1-4H3,(H,22,23)(H,24,26);1H. The topological polar surface area (TPSA) is 89.8 Å². The number of ether oxygens (including phenoxy) is 1. The van der Waals surface area contributed by atoms with E-state index in [1.807, 2.05) is 31.7 Å². The fourth-order valence-electron chi connectivity index (χ4n) is 2.83. The number of amides is 1. The van der Waals surface area contributed by atoms with Gasteiger partial charge in [-0.1, -0.05) is 0 Å². The summed E-state index contributed by atoms with van der Waals surface area (Å²) in [6, 6.07) is 6.21. The summed E-state index contributed by atoms with van der Waals surface area (Å²) in [5.41, 5.74) is 0.269. The van der Waals surface area contributed by atoms with Gasteiger partial charge in [-0.05, 0) is 45.4 Å². The van der Waals surface area contributed by atoms with Crippen LogP contribution in [0, 0.1) is 17.1 Å². The van der Waals surface area contributed by atoms with Crippen LogP contribution in [0.15, 0.2) is 23.2 Å². The Morgan fingerprint density at radius 3 is 2.79 bits per heavy atom. The molecule has 1 amide bonds. The SMILES string of the molecule is CN=C(NCc1cc(C#N)ccc1F)N1CCC(NC(=O)OC(C)(C)C)C1.I. The molecule has 1 aromatic carbocycles. The molecule has 2 N–H and O–H groups in total. The lowest BCUT2D eigenvalue weighted by molar-refractivity contribution is 0.0507. The fraction of sp³-hybridized carbons (Fsp3) is 0.526. The van der Waals surface area contributed by atoms with E-state index in [9.17, 15) is 9.18 Å². The molecule has 0 radical (unpaired) electrons. The van der Waals surface area contributed by atoms with Crippen molar-refractivity contribution in [1.29, 1.82) is 5.26 Å². The van der Waals surface area contributed by atoms with E-state index in [2.05, 4.69) is 15.6 Å². The van der Waals surface area contributed by atoms with Gasteiger partial charge < -0.3 is 20.3 Å². The lowest BCUT2D eigenvalue weighted by Gasteiger charge is -2.23. The number of nitrogens with one attached hydrogen (secondary N) is 2. The first-order chi connectivity index (χ1) is 12.7. The van der Waals surface area contributed by atoms with Crippen molar-refractivity contribution in [3.63, 3.8) is 0 Å². The molecule has 1 unspecified atom stereocenters. The molecule has 0 aliphatic carbocycles. The van der Waals surface area contributed by atoms with E-state index in [1.54, 1.807) is 7.05 Å². The minimum atomic E-state index is -0.540. The molecule has 1 fully saturated rings. The molecule has 0 aromatic heterocycles. The molecule has 1 saturated heterocycles. The van der Waals surface area contributed by atoms with Crippen LogP contribution in [0.3, 0.4) is 0 Å². The van der Waals surface area contributed by atoms with Crippen LogP contribution in [0.2, 0.25) is 0 Å². The van der Waals surface area contributed by atoms with E-state index in [1.165, 1.54) is 18.2 Å². The molecular formula is C19H27FIN5O2. The van der Waals surface area contributed by atoms with Gasteiger partial charge in [0.1, 0.15) is 11.4 Å². The predicted octanol–water partition coefficient (Wildman–Crippen LogP) is 2.99. The number of guanidine groups is 1. The van der Waals surface area contributed by atoms with Crippen molar-refractivity contribution >= 4 is 36.0 Å². The summed E-state index contributed by atoms with van der Waals surface area (Å²) in [4.78, 5) is 18.1. The Kier molecular flexibility index (Phi) is 8.94. The Labute approximate surface area is 182 Å². The van der Waals surface area contributed by atoms with Gasteiger partial charge in [-0.25, -0.2) is 9.18 Å². The van der Waals surface area contributed by atoms with Crippen LogP contribution in [-0.2, 0) is 11.3 Å². The quantitative estimate of drug-likeness (QED) is 0.376. The largest absolute Gasteiger partial charge is 0.444 e. The number of hydrogen-bond acceptors (Lipinski definition) is 4. The zero-order valence-electron chi connectivity index (χ0n) is 16.6. The Hall–Kier alpha value is -2.09. The summed E-state index contributed by atoms with van der Waals surface area (Å²) in [6.45, 7) is 6.97. The second kappa shape index (κ2) is 10.5. The third kappa shape index (κ3) is 7.14. The summed E-state index contributed by atoms with van der Waals surface area (Å²) < 4.78 is 19.2. The maximum atomic E-state index is 13.9. The van der Waals surface area contributed by atoms with Crippen LogP contribution in [0.4, 0.5) is 9.18 Å². The van der Waals surface area contributed by atoms with E-state index < -0.39 is 11.7 Å². The number of carbonyl (C=O) groups excluding carboxylic acids is 1. The van der Waals surface area contributed by atoms with Crippen molar-refractivity contribution in [3.8, 4) is 6.07 Å². The number of alkyl carbamates (subject to hydrolysis) is 1. The molecule has 0 spiro atoms. The summed E-state index contributed by atoms with van der Waals surface area (Å²) >= 11 is 0. The Bertz CT molecular complexity index is 758. The average Bonchev–Trinajstić information content (AvgIpc) is 3.03. The second-order valence-electron chi connectivity index (χ2n) is 7.40. The van der Waals surface area contributed by atoms with Gasteiger partial charge >= 0.3 is 6.09 Å². The number of nitrogens with zero attached hydrogens (tertiary/aromatic N) is 3. The number of nitriles is 1. The van der Waals surface area contributed by atoms with Crippen LogP contribution in [0.25, 0.3) is 0 Å². The lowest BCUT2D eigenvalue weighted by Crippen LogP contribution is -2.44. The first-order valence-corrected chi connectivity index (χ1v) is 8.85. The molecule has 0 bridgehead atoms. The summed E-state index contributed by atoms with van der Waals surface area (Å²) in [5.74, 6) is 0.244. The van der Waals surface area contributed by atoms with Gasteiger partial charge in [0.15, 0.2) is 5.96 Å². The van der Waals surface area contributed by atoms with Gasteiger partial charge in [-0.3, -0.25) is 4.99 Å². The van der Waals surface area contributed by atoms with Crippen molar-refractivity contribution in [2.24, 2.45) is 4.99 Å². The zero-order chi connectivity index (χ0) is 20.0. The maximum absolute atomic E-state index is 13.9. The highest BCUT2D eigenvalue weighted by atomic mass is 127. The summed E-state index contributed by atoms with van der Waals surface area (Å²) in [7, 11) is 1.65. The van der Waals surface area contributed by atoms with Crippen molar-refractivity contribution < 1.29 is 13.9 Å². The Morgan fingerprint density at radius 2 is 2.18 bits per heavy atom. The number of rotatable bonds is 3. The van der Waals surface area contributed by atoms with Gasteiger partial charge in [0.05, 0.1) is 17.7 Å². The molecule has 1 aliphatic heterocycles. The molecule has 9 heteroatoms. The molecule has 1 atom stereocenters. The number of carbonyl (C=O) groups is 1. The highest BCUT2D eigenvalue weighted by Gasteiger charge is 2.27. The number of hydrogen-bond donors (Lipinski definition) is 2. The molecule has 2 rings (SSSR count). The van der Waals surface area contributed by atoms with Crippen LogP contribution < -0.4 is 10.6 Å².